The fourth-order valence-corrected chi connectivity index (χ4v) is 9.52. The molecule has 0 saturated carbocycles. The van der Waals surface area contributed by atoms with E-state index in [4.69, 9.17) is 4.98 Å². The molecular formula is C63H55N3O2. The van der Waals surface area contributed by atoms with Crippen LogP contribution in [0.5, 0.6) is 0 Å². The van der Waals surface area contributed by atoms with Gasteiger partial charge < -0.3 is 9.80 Å². The molecule has 9 aromatic rings. The second-order valence-electron chi connectivity index (χ2n) is 17.3. The largest absolute Gasteiger partial charge is 0.324 e. The van der Waals surface area contributed by atoms with Crippen LogP contribution in [0.4, 0.5) is 0 Å². The van der Waals surface area contributed by atoms with Gasteiger partial charge in [0.15, 0.2) is 0 Å². The summed E-state index contributed by atoms with van der Waals surface area (Å²) >= 11 is 0. The molecule has 0 saturated heterocycles. The fraction of sp³-hybridized carbons (Fsp3) is 0.127. The zero-order valence-corrected chi connectivity index (χ0v) is 38.1. The van der Waals surface area contributed by atoms with Crippen LogP contribution in [0.3, 0.4) is 0 Å². The zero-order valence-electron chi connectivity index (χ0n) is 38.1. The van der Waals surface area contributed by atoms with Crippen molar-refractivity contribution in [3.05, 3.63) is 317 Å². The first kappa shape index (κ1) is 45.0. The number of hydrogen-bond donors (Lipinski definition) is 0. The maximum atomic E-state index is 16.1. The van der Waals surface area contributed by atoms with Crippen molar-refractivity contribution in [2.45, 2.75) is 49.9 Å². The van der Waals surface area contributed by atoms with Crippen molar-refractivity contribution in [1.29, 1.82) is 0 Å². The van der Waals surface area contributed by atoms with E-state index < -0.39 is 0 Å². The molecule has 0 aliphatic heterocycles. The molecule has 334 valence electrons. The zero-order chi connectivity index (χ0) is 46.3. The molecule has 2 amide bonds. The number of hydrogen-bond acceptors (Lipinski definition) is 3. The second-order valence-corrected chi connectivity index (χ2v) is 17.3. The predicted molar refractivity (Wildman–Crippen MR) is 274 cm³/mol. The fourth-order valence-electron chi connectivity index (χ4n) is 9.52. The minimum Gasteiger partial charge on any atom is -0.324 e. The van der Waals surface area contributed by atoms with Gasteiger partial charge in [-0.05, 0) is 82.3 Å². The summed E-state index contributed by atoms with van der Waals surface area (Å²) in [5.41, 5.74) is 9.10. The third kappa shape index (κ3) is 11.1. The van der Waals surface area contributed by atoms with Crippen LogP contribution in [0.15, 0.2) is 261 Å². The van der Waals surface area contributed by atoms with Gasteiger partial charge in [0.25, 0.3) is 11.8 Å². The molecule has 0 bridgehead atoms. The Balaban J connectivity index is 1.20. The number of benzene rings is 8. The van der Waals surface area contributed by atoms with E-state index in [0.717, 1.165) is 44.5 Å². The van der Waals surface area contributed by atoms with Crippen LogP contribution >= 0.6 is 0 Å². The van der Waals surface area contributed by atoms with E-state index in [2.05, 4.69) is 126 Å². The molecule has 0 spiro atoms. The summed E-state index contributed by atoms with van der Waals surface area (Å²) in [5, 5.41) is 0. The summed E-state index contributed by atoms with van der Waals surface area (Å²) in [6.45, 7) is 0. The van der Waals surface area contributed by atoms with Crippen LogP contribution < -0.4 is 0 Å². The highest BCUT2D eigenvalue weighted by Gasteiger charge is 2.37. The van der Waals surface area contributed by atoms with Gasteiger partial charge in [-0.3, -0.25) is 14.6 Å². The summed E-state index contributed by atoms with van der Waals surface area (Å²) < 4.78 is 0. The minimum absolute atomic E-state index is 0.185. The van der Waals surface area contributed by atoms with Crippen molar-refractivity contribution in [1.82, 2.24) is 14.8 Å². The van der Waals surface area contributed by atoms with E-state index in [1.165, 1.54) is 0 Å². The Kier molecular flexibility index (Phi) is 14.8. The van der Waals surface area contributed by atoms with Gasteiger partial charge in [-0.25, -0.2) is 0 Å². The number of nitrogens with zero attached hydrogens (tertiary/aromatic N) is 3. The SMILES string of the molecule is O=C(c1ccnc(C(=O)N(C(Cc2ccccc2)c2ccccc2)C(Cc2ccccc2)c2ccccc2)c1)N(C(Cc1ccccc1)c1ccccc1)C(Cc1ccccc1)c1ccccc1. The van der Waals surface area contributed by atoms with Crippen LogP contribution in [0.2, 0.25) is 0 Å². The Morgan fingerprint density at radius 1 is 0.324 bits per heavy atom. The smallest absolute Gasteiger partial charge is 0.273 e. The van der Waals surface area contributed by atoms with Gasteiger partial charge in [0.1, 0.15) is 5.69 Å². The van der Waals surface area contributed by atoms with E-state index in [1.54, 1.807) is 18.3 Å². The molecule has 4 atom stereocenters. The number of amides is 2. The van der Waals surface area contributed by atoms with Gasteiger partial charge in [-0.2, -0.15) is 0 Å². The first-order valence-electron chi connectivity index (χ1n) is 23.6. The van der Waals surface area contributed by atoms with E-state index in [-0.39, 0.29) is 41.7 Å². The van der Waals surface area contributed by atoms with Crippen LogP contribution in [0, 0.1) is 0 Å². The quantitative estimate of drug-likeness (QED) is 0.0862. The number of carbonyl (C=O) groups excluding carboxylic acids is 2. The van der Waals surface area contributed by atoms with Crippen LogP contribution in [0.25, 0.3) is 0 Å². The molecule has 1 aromatic heterocycles. The minimum atomic E-state index is -0.389. The van der Waals surface area contributed by atoms with Crippen molar-refractivity contribution in [2.75, 3.05) is 0 Å². The summed E-state index contributed by atoms with van der Waals surface area (Å²) in [6, 6.07) is 84.7. The van der Waals surface area contributed by atoms with Crippen molar-refractivity contribution < 1.29 is 9.59 Å². The van der Waals surface area contributed by atoms with Gasteiger partial charge in [0.2, 0.25) is 0 Å². The second kappa shape index (κ2) is 22.4. The summed E-state index contributed by atoms with van der Waals surface area (Å²) in [6.07, 6.45) is 3.92. The van der Waals surface area contributed by atoms with Gasteiger partial charge in [-0.1, -0.05) is 243 Å². The van der Waals surface area contributed by atoms with Gasteiger partial charge in [0, 0.05) is 11.8 Å². The molecule has 0 N–H and O–H groups in total. The highest BCUT2D eigenvalue weighted by Crippen LogP contribution is 2.39. The molecular weight excluding hydrogens is 831 g/mol. The lowest BCUT2D eigenvalue weighted by Crippen LogP contribution is -2.41. The predicted octanol–water partition coefficient (Wildman–Crippen LogP) is 13.9. The summed E-state index contributed by atoms with van der Waals surface area (Å²) in [7, 11) is 0. The first-order chi connectivity index (χ1) is 33.6. The molecule has 0 aliphatic carbocycles. The van der Waals surface area contributed by atoms with Crippen molar-refractivity contribution in [2.24, 2.45) is 0 Å². The van der Waals surface area contributed by atoms with Gasteiger partial charge >= 0.3 is 0 Å². The lowest BCUT2D eigenvalue weighted by atomic mass is 9.90. The Morgan fingerprint density at radius 3 is 0.853 bits per heavy atom. The Hall–Kier alpha value is -8.15. The van der Waals surface area contributed by atoms with Crippen molar-refractivity contribution >= 4 is 11.8 Å². The van der Waals surface area contributed by atoms with Crippen LogP contribution in [0.1, 0.15) is 89.5 Å². The molecule has 0 radical (unpaired) electrons. The van der Waals surface area contributed by atoms with E-state index >= 15 is 9.59 Å². The number of pyridine rings is 1. The summed E-state index contributed by atoms with van der Waals surface area (Å²) in [5.74, 6) is -0.441. The molecule has 0 fully saturated rings. The lowest BCUT2D eigenvalue weighted by molar-refractivity contribution is 0.0552. The van der Waals surface area contributed by atoms with Crippen LogP contribution in [-0.4, -0.2) is 26.6 Å². The third-order valence-electron chi connectivity index (χ3n) is 12.9. The molecule has 1 heterocycles. The normalized spacial score (nSPS) is 12.8. The molecule has 68 heavy (non-hydrogen) atoms. The molecule has 4 unspecified atom stereocenters. The van der Waals surface area contributed by atoms with E-state index in [1.807, 2.05) is 126 Å². The van der Waals surface area contributed by atoms with E-state index in [9.17, 15) is 0 Å². The Bertz CT molecular complexity index is 2570. The van der Waals surface area contributed by atoms with Crippen LogP contribution in [-0.2, 0) is 25.7 Å². The third-order valence-corrected chi connectivity index (χ3v) is 12.9. The highest BCUT2D eigenvalue weighted by molar-refractivity contribution is 5.99. The standard InChI is InChI=1S/C63H55N3O2/c67-62(65(58(52-33-17-5-18-34-52)43-48-25-9-1-10-26-48)59(53-35-19-6-20-36-53)44-49-27-11-2-12-28-49)56-41-42-64-57(47-56)63(68)66(60(54-37-21-7-22-38-54)45-50-29-13-3-14-30-50)61(55-39-23-8-24-40-55)46-51-31-15-4-16-32-51/h1-42,47,58-61H,43-46H2. The highest BCUT2D eigenvalue weighted by atomic mass is 16.2. The number of aromatic nitrogens is 1. The van der Waals surface area contributed by atoms with E-state index in [0.29, 0.717) is 31.2 Å². The van der Waals surface area contributed by atoms with Gasteiger partial charge in [0.05, 0.1) is 24.2 Å². The topological polar surface area (TPSA) is 53.5 Å². The van der Waals surface area contributed by atoms with Gasteiger partial charge in [-0.15, -0.1) is 0 Å². The summed E-state index contributed by atoms with van der Waals surface area (Å²) in [4.78, 5) is 41.0. The molecule has 5 nitrogen and oxygen atoms in total. The average Bonchev–Trinajstić information content (AvgIpc) is 3.42. The monoisotopic (exact) mass is 885 g/mol. The number of carbonyl (C=O) groups is 2. The lowest BCUT2D eigenvalue weighted by Gasteiger charge is -2.40. The van der Waals surface area contributed by atoms with Crippen molar-refractivity contribution in [3.8, 4) is 0 Å². The number of rotatable bonds is 18. The maximum absolute atomic E-state index is 16.1. The Morgan fingerprint density at radius 2 is 0.574 bits per heavy atom. The average molecular weight is 886 g/mol. The van der Waals surface area contributed by atoms with Crippen molar-refractivity contribution in [3.63, 3.8) is 0 Å². The molecule has 8 aromatic carbocycles. The maximum Gasteiger partial charge on any atom is 0.273 e. The first-order valence-corrected chi connectivity index (χ1v) is 23.6. The molecule has 9 rings (SSSR count). The molecule has 0 aliphatic rings. The molecule has 5 heteroatoms. The Labute approximate surface area is 401 Å².